The van der Waals surface area contributed by atoms with Gasteiger partial charge in [0.05, 0.1) is 13.1 Å². The van der Waals surface area contributed by atoms with Gasteiger partial charge in [-0.15, -0.1) is 0 Å². The Morgan fingerprint density at radius 2 is 1.76 bits per heavy atom. The summed E-state index contributed by atoms with van der Waals surface area (Å²) in [5.41, 5.74) is 0.182. The number of halogens is 1. The fraction of sp³-hybridized carbons (Fsp3) is 0.652. The molecule has 1 aromatic carbocycles. The molecule has 5 rings (SSSR count). The van der Waals surface area contributed by atoms with Crippen molar-refractivity contribution in [1.29, 1.82) is 0 Å². The molecule has 0 atom stereocenters. The first-order valence-electron chi connectivity index (χ1n) is 10.8. The summed E-state index contributed by atoms with van der Waals surface area (Å²) in [5.74, 6) is 2.04. The number of nitrogens with one attached hydrogen (secondary N) is 1. The summed E-state index contributed by atoms with van der Waals surface area (Å²) < 4.78 is 18.9. The van der Waals surface area contributed by atoms with Crippen LogP contribution < -0.4 is 10.1 Å². The summed E-state index contributed by atoms with van der Waals surface area (Å²) in [4.78, 5) is 26.4. The van der Waals surface area contributed by atoms with Gasteiger partial charge in [0.15, 0.2) is 11.6 Å². The third kappa shape index (κ3) is 4.73. The summed E-state index contributed by atoms with van der Waals surface area (Å²) in [6.45, 7) is 0.532. The van der Waals surface area contributed by atoms with Gasteiger partial charge in [0.2, 0.25) is 11.8 Å². The summed E-state index contributed by atoms with van der Waals surface area (Å²) in [6, 6.07) is 6.20. The fourth-order valence-corrected chi connectivity index (χ4v) is 6.20. The number of hydrogen-bond acceptors (Lipinski definition) is 3. The van der Waals surface area contributed by atoms with Gasteiger partial charge in [-0.05, 0) is 73.8 Å². The first-order valence-corrected chi connectivity index (χ1v) is 10.8. The molecule has 0 radical (unpaired) electrons. The molecule has 0 unspecified atom stereocenters. The van der Waals surface area contributed by atoms with Crippen molar-refractivity contribution in [1.82, 2.24) is 10.2 Å². The van der Waals surface area contributed by atoms with E-state index >= 15 is 0 Å². The molecule has 158 valence electrons. The Morgan fingerprint density at radius 3 is 2.38 bits per heavy atom. The monoisotopic (exact) mass is 402 g/mol. The molecular weight excluding hydrogens is 371 g/mol. The van der Waals surface area contributed by atoms with E-state index in [0.29, 0.717) is 13.0 Å². The minimum absolute atomic E-state index is 0.00139. The molecule has 4 aliphatic carbocycles. The van der Waals surface area contributed by atoms with Crippen molar-refractivity contribution in [2.45, 2.75) is 44.9 Å². The van der Waals surface area contributed by atoms with Crippen LogP contribution in [0.25, 0.3) is 0 Å². The Labute approximate surface area is 172 Å². The summed E-state index contributed by atoms with van der Waals surface area (Å²) >= 11 is 0. The van der Waals surface area contributed by atoms with Crippen LogP contribution >= 0.6 is 0 Å². The van der Waals surface area contributed by atoms with Crippen LogP contribution in [0, 0.1) is 29.0 Å². The van der Waals surface area contributed by atoms with Crippen molar-refractivity contribution in [3.63, 3.8) is 0 Å². The average molecular weight is 403 g/mol. The van der Waals surface area contributed by atoms with Crippen LogP contribution in [-0.4, -0.2) is 43.5 Å². The van der Waals surface area contributed by atoms with Gasteiger partial charge in [-0.1, -0.05) is 12.1 Å². The molecule has 5 nitrogen and oxygen atoms in total. The Kier molecular flexibility index (Phi) is 5.79. The molecule has 0 spiro atoms. The van der Waals surface area contributed by atoms with E-state index in [9.17, 15) is 14.0 Å². The van der Waals surface area contributed by atoms with E-state index in [0.717, 1.165) is 17.8 Å². The first-order chi connectivity index (χ1) is 13.9. The Balaban J connectivity index is 1.18. The highest BCUT2D eigenvalue weighted by Crippen LogP contribution is 2.61. The number of rotatable bonds is 8. The lowest BCUT2D eigenvalue weighted by Gasteiger charge is -2.56. The second kappa shape index (κ2) is 8.33. The third-order valence-electron chi connectivity index (χ3n) is 7.08. The minimum atomic E-state index is -0.418. The Morgan fingerprint density at radius 1 is 1.14 bits per heavy atom. The van der Waals surface area contributed by atoms with Gasteiger partial charge in [0.25, 0.3) is 0 Å². The summed E-state index contributed by atoms with van der Waals surface area (Å²) in [5, 5.41) is 2.82. The van der Waals surface area contributed by atoms with Gasteiger partial charge in [-0.25, -0.2) is 4.39 Å². The van der Waals surface area contributed by atoms with Gasteiger partial charge < -0.3 is 15.0 Å². The van der Waals surface area contributed by atoms with Crippen LogP contribution in [-0.2, 0) is 9.59 Å². The number of carbonyl (C=O) groups is 2. The molecule has 29 heavy (non-hydrogen) atoms. The summed E-state index contributed by atoms with van der Waals surface area (Å²) in [6.07, 6.45) is 8.20. The number of ether oxygens (including phenoxy) is 1. The van der Waals surface area contributed by atoms with Gasteiger partial charge in [-0.3, -0.25) is 9.59 Å². The van der Waals surface area contributed by atoms with Crippen LogP contribution in [0.3, 0.4) is 0 Å². The molecule has 0 saturated heterocycles. The zero-order valence-electron chi connectivity index (χ0n) is 17.2. The predicted octanol–water partition coefficient (Wildman–Crippen LogP) is 3.39. The number of amides is 2. The minimum Gasteiger partial charge on any atom is -0.489 e. The van der Waals surface area contributed by atoms with Gasteiger partial charge in [0.1, 0.15) is 6.61 Å². The molecule has 6 heteroatoms. The SMILES string of the molecule is CN(CCOc1ccccc1F)C(=O)CNC(=O)CC12CC3CC(CC(C3)C1)C2. The van der Waals surface area contributed by atoms with Crippen molar-refractivity contribution in [3.8, 4) is 5.75 Å². The lowest BCUT2D eigenvalue weighted by Crippen LogP contribution is -2.48. The topological polar surface area (TPSA) is 58.6 Å². The molecule has 4 saturated carbocycles. The zero-order chi connectivity index (χ0) is 20.4. The maximum Gasteiger partial charge on any atom is 0.241 e. The van der Waals surface area contributed by atoms with Crippen LogP contribution in [0.5, 0.6) is 5.75 Å². The van der Waals surface area contributed by atoms with Crippen molar-refractivity contribution in [2.75, 3.05) is 26.7 Å². The van der Waals surface area contributed by atoms with Crippen LogP contribution in [0.4, 0.5) is 4.39 Å². The third-order valence-corrected chi connectivity index (χ3v) is 7.08. The van der Waals surface area contributed by atoms with Crippen molar-refractivity contribution >= 4 is 11.8 Å². The van der Waals surface area contributed by atoms with Gasteiger partial charge in [0, 0.05) is 13.5 Å². The molecule has 1 aromatic rings. The quantitative estimate of drug-likeness (QED) is 0.725. The smallest absolute Gasteiger partial charge is 0.241 e. The van der Waals surface area contributed by atoms with E-state index in [-0.39, 0.29) is 36.1 Å². The largest absolute Gasteiger partial charge is 0.489 e. The second-order valence-corrected chi connectivity index (χ2v) is 9.47. The number of nitrogens with zero attached hydrogens (tertiary/aromatic N) is 1. The van der Waals surface area contributed by atoms with E-state index in [1.807, 2.05) is 0 Å². The molecule has 4 bridgehead atoms. The molecule has 0 aliphatic heterocycles. The van der Waals surface area contributed by atoms with Crippen molar-refractivity contribution < 1.29 is 18.7 Å². The lowest BCUT2D eigenvalue weighted by atomic mass is 9.49. The number of carbonyl (C=O) groups excluding carboxylic acids is 2. The van der Waals surface area contributed by atoms with Crippen molar-refractivity contribution in [3.05, 3.63) is 30.1 Å². The molecule has 0 aromatic heterocycles. The normalized spacial score (nSPS) is 29.5. The first kappa shape index (κ1) is 20.2. The lowest BCUT2D eigenvalue weighted by molar-refractivity contribution is -0.135. The number of benzene rings is 1. The molecular formula is C23H31FN2O3. The Hall–Kier alpha value is -2.11. The highest BCUT2D eigenvalue weighted by Gasteiger charge is 2.51. The second-order valence-electron chi connectivity index (χ2n) is 9.47. The molecule has 1 N–H and O–H groups in total. The highest BCUT2D eigenvalue weighted by atomic mass is 19.1. The fourth-order valence-electron chi connectivity index (χ4n) is 6.20. The predicted molar refractivity (Wildman–Crippen MR) is 108 cm³/mol. The highest BCUT2D eigenvalue weighted by molar-refractivity contribution is 5.84. The van der Waals surface area contributed by atoms with Gasteiger partial charge in [-0.2, -0.15) is 0 Å². The zero-order valence-corrected chi connectivity index (χ0v) is 17.2. The Bertz CT molecular complexity index is 731. The molecule has 4 fully saturated rings. The van der Waals surface area contributed by atoms with Crippen LogP contribution in [0.1, 0.15) is 44.9 Å². The standard InChI is InChI=1S/C23H31FN2O3/c1-26(6-7-29-20-5-3-2-4-19(20)24)22(28)15-25-21(27)14-23-11-16-8-17(12-23)10-18(9-16)13-23/h2-5,16-18H,6-15H2,1H3,(H,25,27). The average Bonchev–Trinajstić information content (AvgIpc) is 2.66. The van der Waals surface area contributed by atoms with E-state index in [1.54, 1.807) is 25.2 Å². The van der Waals surface area contributed by atoms with Crippen LogP contribution in [0.2, 0.25) is 0 Å². The number of likely N-dealkylation sites (N-methyl/N-ethyl adjacent to an activating group) is 1. The number of hydrogen-bond donors (Lipinski definition) is 1. The van der Waals surface area contributed by atoms with E-state index in [1.165, 1.54) is 49.5 Å². The number of para-hydroxylation sites is 1. The van der Waals surface area contributed by atoms with E-state index in [4.69, 9.17) is 4.74 Å². The van der Waals surface area contributed by atoms with E-state index in [2.05, 4.69) is 5.32 Å². The molecule has 4 aliphatic rings. The van der Waals surface area contributed by atoms with Crippen molar-refractivity contribution in [2.24, 2.45) is 23.2 Å². The maximum atomic E-state index is 13.5. The summed E-state index contributed by atoms with van der Waals surface area (Å²) in [7, 11) is 1.66. The molecule has 0 heterocycles. The maximum absolute atomic E-state index is 13.5. The van der Waals surface area contributed by atoms with E-state index < -0.39 is 5.82 Å². The van der Waals surface area contributed by atoms with Crippen LogP contribution in [0.15, 0.2) is 24.3 Å². The molecule has 2 amide bonds. The van der Waals surface area contributed by atoms with Gasteiger partial charge >= 0.3 is 0 Å².